The highest BCUT2D eigenvalue weighted by atomic mass is 35.5. The molecule has 130 valence electrons. The number of hydrogen-bond donors (Lipinski definition) is 2. The van der Waals surface area contributed by atoms with Crippen molar-refractivity contribution in [3.05, 3.63) is 53.5 Å². The van der Waals surface area contributed by atoms with E-state index in [9.17, 15) is 9.59 Å². The quantitative estimate of drug-likeness (QED) is 0.837. The molecule has 0 unspecified atom stereocenters. The zero-order valence-electron chi connectivity index (χ0n) is 13.7. The summed E-state index contributed by atoms with van der Waals surface area (Å²) >= 11 is 0. The Balaban J connectivity index is 0.00000288. The number of furan rings is 1. The van der Waals surface area contributed by atoms with Gasteiger partial charge in [0.05, 0.1) is 12.1 Å². The Morgan fingerprint density at radius 1 is 1.17 bits per heavy atom. The minimum absolute atomic E-state index is 0. The fraction of sp³-hybridized carbons (Fsp3) is 0.294. The summed E-state index contributed by atoms with van der Waals surface area (Å²) in [4.78, 5) is 26.2. The van der Waals surface area contributed by atoms with E-state index in [1.54, 1.807) is 35.2 Å². The molecule has 24 heavy (non-hydrogen) atoms. The van der Waals surface area contributed by atoms with Crippen LogP contribution in [0, 0.1) is 0 Å². The van der Waals surface area contributed by atoms with Crippen LogP contribution in [0.5, 0.6) is 0 Å². The molecule has 0 aliphatic rings. The molecule has 0 saturated heterocycles. The minimum Gasteiger partial charge on any atom is -0.467 e. The minimum atomic E-state index is -0.305. The molecule has 0 radical (unpaired) electrons. The lowest BCUT2D eigenvalue weighted by Gasteiger charge is -2.18. The number of benzene rings is 1. The van der Waals surface area contributed by atoms with E-state index in [-0.39, 0.29) is 30.8 Å². The molecule has 0 aliphatic heterocycles. The van der Waals surface area contributed by atoms with Gasteiger partial charge in [-0.05, 0) is 38.1 Å². The molecule has 2 amide bonds. The standard InChI is InChI=1S/C17H21N3O3.ClH/c1-3-20(4-2)17(22)12-6-5-7-14(8-12)19-16(21)13-9-15(10-18)23-11-13;/h5-9,11H,3-4,10,18H2,1-2H3,(H,19,21);1H. The summed E-state index contributed by atoms with van der Waals surface area (Å²) < 4.78 is 5.15. The van der Waals surface area contributed by atoms with Crippen LogP contribution in [0.1, 0.15) is 40.3 Å². The van der Waals surface area contributed by atoms with Gasteiger partial charge in [0.25, 0.3) is 11.8 Å². The maximum Gasteiger partial charge on any atom is 0.258 e. The van der Waals surface area contributed by atoms with Crippen molar-refractivity contribution in [2.45, 2.75) is 20.4 Å². The fourth-order valence-electron chi connectivity index (χ4n) is 2.23. The second-order valence-corrected chi connectivity index (χ2v) is 5.02. The number of nitrogens with one attached hydrogen (secondary N) is 1. The molecular formula is C17H22ClN3O3. The maximum absolute atomic E-state index is 12.3. The molecule has 1 heterocycles. The van der Waals surface area contributed by atoms with E-state index in [1.165, 1.54) is 6.26 Å². The van der Waals surface area contributed by atoms with E-state index in [2.05, 4.69) is 5.32 Å². The Kier molecular flexibility index (Phi) is 7.48. The first-order chi connectivity index (χ1) is 11.1. The number of hydrogen-bond acceptors (Lipinski definition) is 4. The highest BCUT2D eigenvalue weighted by Crippen LogP contribution is 2.15. The molecule has 1 aromatic heterocycles. The third-order valence-corrected chi connectivity index (χ3v) is 3.54. The van der Waals surface area contributed by atoms with Gasteiger partial charge in [-0.25, -0.2) is 0 Å². The summed E-state index contributed by atoms with van der Waals surface area (Å²) in [6, 6.07) is 8.48. The van der Waals surface area contributed by atoms with E-state index >= 15 is 0 Å². The predicted octanol–water partition coefficient (Wildman–Crippen LogP) is 2.89. The van der Waals surface area contributed by atoms with Crippen LogP contribution in [0.15, 0.2) is 41.0 Å². The second kappa shape index (κ2) is 9.10. The van der Waals surface area contributed by atoms with Gasteiger partial charge in [-0.2, -0.15) is 0 Å². The van der Waals surface area contributed by atoms with E-state index in [0.717, 1.165) is 0 Å². The zero-order valence-corrected chi connectivity index (χ0v) is 14.6. The number of rotatable bonds is 6. The zero-order chi connectivity index (χ0) is 16.8. The molecule has 2 aromatic rings. The highest BCUT2D eigenvalue weighted by Gasteiger charge is 2.14. The fourth-order valence-corrected chi connectivity index (χ4v) is 2.23. The number of nitrogens with zero attached hydrogens (tertiary/aromatic N) is 1. The number of anilines is 1. The first-order valence-electron chi connectivity index (χ1n) is 7.57. The topological polar surface area (TPSA) is 88.6 Å². The van der Waals surface area contributed by atoms with Gasteiger partial charge in [-0.3, -0.25) is 9.59 Å². The summed E-state index contributed by atoms with van der Waals surface area (Å²) in [6.07, 6.45) is 1.36. The average molecular weight is 352 g/mol. The Morgan fingerprint density at radius 2 is 1.88 bits per heavy atom. The SMILES string of the molecule is CCN(CC)C(=O)c1cccc(NC(=O)c2coc(CN)c2)c1.Cl. The Hall–Kier alpha value is -2.31. The molecule has 0 aliphatic carbocycles. The lowest BCUT2D eigenvalue weighted by molar-refractivity contribution is 0.0772. The van der Waals surface area contributed by atoms with Crippen LogP contribution in [-0.4, -0.2) is 29.8 Å². The molecular weight excluding hydrogens is 330 g/mol. The highest BCUT2D eigenvalue weighted by molar-refractivity contribution is 6.05. The van der Waals surface area contributed by atoms with Crippen molar-refractivity contribution in [2.75, 3.05) is 18.4 Å². The molecule has 6 nitrogen and oxygen atoms in total. The molecule has 2 rings (SSSR count). The van der Waals surface area contributed by atoms with Crippen molar-refractivity contribution in [1.82, 2.24) is 4.90 Å². The number of carbonyl (C=O) groups is 2. The van der Waals surface area contributed by atoms with Crippen LogP contribution in [-0.2, 0) is 6.54 Å². The molecule has 0 atom stereocenters. The largest absolute Gasteiger partial charge is 0.467 e. The molecule has 3 N–H and O–H groups in total. The van der Waals surface area contributed by atoms with Gasteiger partial charge in [0.2, 0.25) is 0 Å². The molecule has 0 saturated carbocycles. The molecule has 0 spiro atoms. The lowest BCUT2D eigenvalue weighted by Crippen LogP contribution is -2.30. The number of carbonyl (C=O) groups excluding carboxylic acids is 2. The maximum atomic E-state index is 12.3. The van der Waals surface area contributed by atoms with Crippen LogP contribution in [0.25, 0.3) is 0 Å². The van der Waals surface area contributed by atoms with Crippen LogP contribution in [0.2, 0.25) is 0 Å². The first kappa shape index (κ1) is 19.7. The summed E-state index contributed by atoms with van der Waals surface area (Å²) in [5.41, 5.74) is 6.95. The molecule has 1 aromatic carbocycles. The Bertz CT molecular complexity index is 696. The van der Waals surface area contributed by atoms with E-state index in [1.807, 2.05) is 13.8 Å². The first-order valence-corrected chi connectivity index (χ1v) is 7.57. The Labute approximate surface area is 147 Å². The third-order valence-electron chi connectivity index (χ3n) is 3.54. The summed E-state index contributed by atoms with van der Waals surface area (Å²) in [5.74, 6) is 0.182. The van der Waals surface area contributed by atoms with Gasteiger partial charge < -0.3 is 20.4 Å². The molecule has 0 fully saturated rings. The van der Waals surface area contributed by atoms with Crippen molar-refractivity contribution in [3.8, 4) is 0 Å². The van der Waals surface area contributed by atoms with Crippen LogP contribution in [0.4, 0.5) is 5.69 Å². The summed E-state index contributed by atoms with van der Waals surface area (Å²) in [6.45, 7) is 5.38. The van der Waals surface area contributed by atoms with Gasteiger partial charge >= 0.3 is 0 Å². The van der Waals surface area contributed by atoms with Crippen LogP contribution < -0.4 is 11.1 Å². The van der Waals surface area contributed by atoms with Crippen molar-refractivity contribution >= 4 is 29.9 Å². The molecule has 7 heteroatoms. The van der Waals surface area contributed by atoms with Gasteiger partial charge in [0.15, 0.2) is 0 Å². The van der Waals surface area contributed by atoms with Crippen molar-refractivity contribution < 1.29 is 14.0 Å². The second-order valence-electron chi connectivity index (χ2n) is 5.02. The van der Waals surface area contributed by atoms with E-state index in [0.29, 0.717) is 35.7 Å². The third kappa shape index (κ3) is 4.59. The molecule has 0 bridgehead atoms. The van der Waals surface area contributed by atoms with E-state index < -0.39 is 0 Å². The normalized spacial score (nSPS) is 9.96. The lowest BCUT2D eigenvalue weighted by atomic mass is 10.1. The number of amides is 2. The monoisotopic (exact) mass is 351 g/mol. The van der Waals surface area contributed by atoms with Crippen LogP contribution in [0.3, 0.4) is 0 Å². The Morgan fingerprint density at radius 3 is 2.46 bits per heavy atom. The van der Waals surface area contributed by atoms with Crippen molar-refractivity contribution in [1.29, 1.82) is 0 Å². The predicted molar refractivity (Wildman–Crippen MR) is 95.5 cm³/mol. The van der Waals surface area contributed by atoms with Gasteiger partial charge in [-0.1, -0.05) is 6.07 Å². The van der Waals surface area contributed by atoms with Gasteiger partial charge in [0.1, 0.15) is 12.0 Å². The van der Waals surface area contributed by atoms with E-state index in [4.69, 9.17) is 10.2 Å². The van der Waals surface area contributed by atoms with Crippen molar-refractivity contribution in [3.63, 3.8) is 0 Å². The average Bonchev–Trinajstić information content (AvgIpc) is 3.05. The van der Waals surface area contributed by atoms with Crippen molar-refractivity contribution in [2.24, 2.45) is 5.73 Å². The number of nitrogens with two attached hydrogens (primary N) is 1. The smallest absolute Gasteiger partial charge is 0.258 e. The van der Waals surface area contributed by atoms with Gasteiger partial charge in [-0.15, -0.1) is 12.4 Å². The summed E-state index contributed by atoms with van der Waals surface area (Å²) in [7, 11) is 0. The summed E-state index contributed by atoms with van der Waals surface area (Å²) in [5, 5.41) is 2.76. The number of halogens is 1. The van der Waals surface area contributed by atoms with Crippen LogP contribution >= 0.6 is 12.4 Å². The van der Waals surface area contributed by atoms with Gasteiger partial charge in [0, 0.05) is 24.3 Å².